The second-order valence-electron chi connectivity index (χ2n) is 2.69. The summed E-state index contributed by atoms with van der Waals surface area (Å²) in [4.78, 5) is 11.2. The van der Waals surface area contributed by atoms with Gasteiger partial charge in [-0.15, -0.1) is 12.3 Å². The Kier molecular flexibility index (Phi) is 2.76. The molecule has 12 heavy (non-hydrogen) atoms. The van der Waals surface area contributed by atoms with Gasteiger partial charge in [-0.1, -0.05) is 0 Å². The van der Waals surface area contributed by atoms with Crippen LogP contribution in [0, 0.1) is 12.3 Å². The largest absolute Gasteiger partial charge is 0.327 e. The van der Waals surface area contributed by atoms with Gasteiger partial charge in [0, 0.05) is 32.4 Å². The first-order valence-electron chi connectivity index (χ1n) is 3.91. The van der Waals surface area contributed by atoms with E-state index in [2.05, 4.69) is 5.92 Å². The molecule has 0 aromatic carbocycles. The topological polar surface area (TPSA) is 26.9 Å². The molecule has 0 radical (unpaired) electrons. The van der Waals surface area contributed by atoms with Crippen molar-refractivity contribution in [1.29, 1.82) is 0 Å². The van der Waals surface area contributed by atoms with Gasteiger partial charge in [-0.25, -0.2) is 4.79 Å². The number of hydrogen-bond donors (Lipinski definition) is 0. The summed E-state index contributed by atoms with van der Waals surface area (Å²) in [5.41, 5.74) is 0.0204. The van der Waals surface area contributed by atoms with Gasteiger partial charge in [0.25, 0.3) is 0 Å². The van der Waals surface area contributed by atoms with E-state index in [-0.39, 0.29) is 5.69 Å². The molecule has 0 fully saturated rings. The number of rotatable bonds is 3. The minimum absolute atomic E-state index is 0.0204. The zero-order chi connectivity index (χ0) is 8.97. The molecular formula is C9H12N2O. The fourth-order valence-corrected chi connectivity index (χ4v) is 1.03. The molecule has 0 unspecified atom stereocenters. The smallest absolute Gasteiger partial charge is 0.302 e. The molecule has 64 valence electrons. The van der Waals surface area contributed by atoms with Crippen molar-refractivity contribution in [3.63, 3.8) is 0 Å². The molecule has 1 rings (SSSR count). The molecule has 0 aliphatic heterocycles. The molecule has 1 aromatic rings. The fourth-order valence-electron chi connectivity index (χ4n) is 1.03. The number of hydrogen-bond acceptors (Lipinski definition) is 1. The van der Waals surface area contributed by atoms with Gasteiger partial charge < -0.3 is 4.57 Å². The predicted molar refractivity (Wildman–Crippen MR) is 47.7 cm³/mol. The van der Waals surface area contributed by atoms with Crippen LogP contribution >= 0.6 is 0 Å². The minimum atomic E-state index is 0.0204. The molecule has 3 nitrogen and oxygen atoms in total. The van der Waals surface area contributed by atoms with Crippen LogP contribution in [0.5, 0.6) is 0 Å². The zero-order valence-electron chi connectivity index (χ0n) is 7.16. The Morgan fingerprint density at radius 3 is 2.83 bits per heavy atom. The third-order valence-electron chi connectivity index (χ3n) is 1.74. The van der Waals surface area contributed by atoms with Crippen LogP contribution in [0.15, 0.2) is 17.2 Å². The normalized spacial score (nSPS) is 9.67. The van der Waals surface area contributed by atoms with Crippen molar-refractivity contribution in [2.75, 3.05) is 0 Å². The Labute approximate surface area is 71.6 Å². The van der Waals surface area contributed by atoms with Crippen LogP contribution in [-0.4, -0.2) is 9.13 Å². The SMILES string of the molecule is C#CCCCn1ccn(C)c1=O. The van der Waals surface area contributed by atoms with E-state index in [1.54, 1.807) is 28.6 Å². The summed E-state index contributed by atoms with van der Waals surface area (Å²) in [5, 5.41) is 0. The molecule has 0 bridgehead atoms. The summed E-state index contributed by atoms with van der Waals surface area (Å²) in [6.45, 7) is 0.712. The molecule has 0 spiro atoms. The van der Waals surface area contributed by atoms with Crippen molar-refractivity contribution in [3.8, 4) is 12.3 Å². The van der Waals surface area contributed by atoms with E-state index in [9.17, 15) is 4.79 Å². The Bertz CT molecular complexity index is 340. The molecule has 0 saturated heterocycles. The Hall–Kier alpha value is -1.43. The molecule has 0 N–H and O–H groups in total. The van der Waals surface area contributed by atoms with Crippen LogP contribution < -0.4 is 5.69 Å². The summed E-state index contributed by atoms with van der Waals surface area (Å²) in [6.07, 6.45) is 10.2. The van der Waals surface area contributed by atoms with Crippen molar-refractivity contribution in [1.82, 2.24) is 9.13 Å². The predicted octanol–water partition coefficient (Wildman–Crippen LogP) is 0.600. The van der Waals surface area contributed by atoms with Crippen molar-refractivity contribution in [3.05, 3.63) is 22.9 Å². The third-order valence-corrected chi connectivity index (χ3v) is 1.74. The first kappa shape index (κ1) is 8.66. The highest BCUT2D eigenvalue weighted by Crippen LogP contribution is 1.90. The van der Waals surface area contributed by atoms with E-state index < -0.39 is 0 Å². The van der Waals surface area contributed by atoms with Crippen LogP contribution in [0.25, 0.3) is 0 Å². The highest BCUT2D eigenvalue weighted by atomic mass is 16.1. The van der Waals surface area contributed by atoms with Crippen LogP contribution in [-0.2, 0) is 13.6 Å². The Morgan fingerprint density at radius 2 is 2.33 bits per heavy atom. The van der Waals surface area contributed by atoms with E-state index in [1.807, 2.05) is 0 Å². The van der Waals surface area contributed by atoms with Crippen molar-refractivity contribution < 1.29 is 0 Å². The molecule has 0 saturated carbocycles. The number of nitrogens with zero attached hydrogens (tertiary/aromatic N) is 2. The summed E-state index contributed by atoms with van der Waals surface area (Å²) in [7, 11) is 1.74. The molecule has 3 heteroatoms. The van der Waals surface area contributed by atoms with Gasteiger partial charge in [-0.3, -0.25) is 4.57 Å². The van der Waals surface area contributed by atoms with Crippen LogP contribution in [0.1, 0.15) is 12.8 Å². The lowest BCUT2D eigenvalue weighted by Gasteiger charge is -1.96. The first-order chi connectivity index (χ1) is 5.75. The van der Waals surface area contributed by atoms with Gasteiger partial charge in [0.15, 0.2) is 0 Å². The number of aromatic nitrogens is 2. The van der Waals surface area contributed by atoms with Gasteiger partial charge in [0.1, 0.15) is 0 Å². The number of imidazole rings is 1. The second-order valence-corrected chi connectivity index (χ2v) is 2.69. The van der Waals surface area contributed by atoms with E-state index >= 15 is 0 Å². The lowest BCUT2D eigenvalue weighted by molar-refractivity contribution is 0.619. The molecular weight excluding hydrogens is 152 g/mol. The third kappa shape index (κ3) is 1.79. The summed E-state index contributed by atoms with van der Waals surface area (Å²) in [6, 6.07) is 0. The quantitative estimate of drug-likeness (QED) is 0.474. The van der Waals surface area contributed by atoms with E-state index in [1.165, 1.54) is 0 Å². The highest BCUT2D eigenvalue weighted by Gasteiger charge is 1.97. The number of aryl methyl sites for hydroxylation is 2. The lowest BCUT2D eigenvalue weighted by atomic mass is 10.3. The van der Waals surface area contributed by atoms with Crippen LogP contribution in [0.2, 0.25) is 0 Å². The average Bonchev–Trinajstić information content (AvgIpc) is 2.36. The second kappa shape index (κ2) is 3.82. The average molecular weight is 164 g/mol. The fraction of sp³-hybridized carbons (Fsp3) is 0.444. The van der Waals surface area contributed by atoms with Gasteiger partial charge in [0.05, 0.1) is 0 Å². The van der Waals surface area contributed by atoms with Gasteiger partial charge in [0.2, 0.25) is 0 Å². The Balaban J connectivity index is 2.59. The molecule has 1 aromatic heterocycles. The number of unbranched alkanes of at least 4 members (excludes halogenated alkanes) is 1. The maximum atomic E-state index is 11.2. The zero-order valence-corrected chi connectivity index (χ0v) is 7.16. The van der Waals surface area contributed by atoms with E-state index in [0.717, 1.165) is 12.8 Å². The van der Waals surface area contributed by atoms with Gasteiger partial charge in [-0.2, -0.15) is 0 Å². The highest BCUT2D eigenvalue weighted by molar-refractivity contribution is 4.84. The first-order valence-corrected chi connectivity index (χ1v) is 3.91. The molecule has 0 atom stereocenters. The standard InChI is InChI=1S/C9H12N2O/c1-3-4-5-6-11-8-7-10(2)9(11)12/h1,7-8H,4-6H2,2H3. The van der Waals surface area contributed by atoms with Gasteiger partial charge >= 0.3 is 5.69 Å². The molecule has 1 heterocycles. The molecule has 0 aliphatic rings. The lowest BCUT2D eigenvalue weighted by Crippen LogP contribution is -2.21. The number of terminal acetylenes is 1. The van der Waals surface area contributed by atoms with Crippen LogP contribution in [0.3, 0.4) is 0 Å². The van der Waals surface area contributed by atoms with Crippen molar-refractivity contribution >= 4 is 0 Å². The Morgan fingerprint density at radius 1 is 1.58 bits per heavy atom. The van der Waals surface area contributed by atoms with E-state index in [0.29, 0.717) is 6.54 Å². The summed E-state index contributed by atoms with van der Waals surface area (Å²) in [5.74, 6) is 2.54. The summed E-state index contributed by atoms with van der Waals surface area (Å²) < 4.78 is 3.22. The molecule has 0 amide bonds. The maximum absolute atomic E-state index is 11.2. The van der Waals surface area contributed by atoms with Crippen molar-refractivity contribution in [2.45, 2.75) is 19.4 Å². The van der Waals surface area contributed by atoms with Gasteiger partial charge in [-0.05, 0) is 6.42 Å². The monoisotopic (exact) mass is 164 g/mol. The van der Waals surface area contributed by atoms with Crippen molar-refractivity contribution in [2.24, 2.45) is 7.05 Å². The maximum Gasteiger partial charge on any atom is 0.327 e. The summed E-state index contributed by atoms with van der Waals surface area (Å²) >= 11 is 0. The minimum Gasteiger partial charge on any atom is -0.302 e. The van der Waals surface area contributed by atoms with E-state index in [4.69, 9.17) is 6.42 Å². The molecule has 0 aliphatic carbocycles. The van der Waals surface area contributed by atoms with Crippen LogP contribution in [0.4, 0.5) is 0 Å².